The Morgan fingerprint density at radius 1 is 1.33 bits per heavy atom. The number of imide groups is 1. The number of benzene rings is 1. The highest BCUT2D eigenvalue weighted by Gasteiger charge is 2.36. The lowest BCUT2D eigenvalue weighted by Gasteiger charge is -2.15. The molecular weight excluding hydrogens is 270 g/mol. The Labute approximate surface area is 124 Å². The van der Waals surface area contributed by atoms with Crippen molar-refractivity contribution in [2.75, 3.05) is 13.2 Å². The van der Waals surface area contributed by atoms with Gasteiger partial charge in [0.1, 0.15) is 18.4 Å². The Balaban J connectivity index is 1.88. The quantitative estimate of drug-likeness (QED) is 0.740. The van der Waals surface area contributed by atoms with Gasteiger partial charge in [-0.2, -0.15) is 0 Å². The zero-order valence-electron chi connectivity index (χ0n) is 12.2. The van der Waals surface area contributed by atoms with Crippen LogP contribution in [0.5, 0.6) is 5.75 Å². The van der Waals surface area contributed by atoms with Gasteiger partial charge in [-0.15, -0.1) is 0 Å². The van der Waals surface area contributed by atoms with Crippen LogP contribution in [0, 0.1) is 0 Å². The number of ether oxygens (including phenoxy) is 1. The minimum absolute atomic E-state index is 0.169. The number of para-hydroxylation sites is 1. The summed E-state index contributed by atoms with van der Waals surface area (Å²) in [6, 6.07) is 6.74. The van der Waals surface area contributed by atoms with E-state index in [-0.39, 0.29) is 31.1 Å². The second kappa shape index (κ2) is 7.08. The number of urea groups is 1. The summed E-state index contributed by atoms with van der Waals surface area (Å²) in [6.45, 7) is 2.87. The van der Waals surface area contributed by atoms with Gasteiger partial charge in [0.2, 0.25) is 0 Å². The molecule has 1 aliphatic rings. The van der Waals surface area contributed by atoms with Crippen molar-refractivity contribution in [3.63, 3.8) is 0 Å². The third-order valence-electron chi connectivity index (χ3n) is 3.45. The van der Waals surface area contributed by atoms with E-state index in [1.165, 1.54) is 4.90 Å². The standard InChI is InChI=1S/C15H21N3O3/c1-2-5-12-14(19)18(15(20)17-12)8-9-21-13-7-4-3-6-11(13)10-16/h3-4,6-7,12H,2,5,8-10,16H2,1H3,(H,17,20). The van der Waals surface area contributed by atoms with E-state index in [1.54, 1.807) is 0 Å². The van der Waals surface area contributed by atoms with Crippen LogP contribution in [0.2, 0.25) is 0 Å². The first-order valence-corrected chi connectivity index (χ1v) is 7.20. The normalized spacial score (nSPS) is 18.0. The van der Waals surface area contributed by atoms with Crippen LogP contribution in [0.1, 0.15) is 25.3 Å². The number of carbonyl (C=O) groups is 2. The van der Waals surface area contributed by atoms with Crippen LogP contribution in [0.15, 0.2) is 24.3 Å². The smallest absolute Gasteiger partial charge is 0.324 e. The zero-order chi connectivity index (χ0) is 15.2. The second-order valence-electron chi connectivity index (χ2n) is 4.94. The van der Waals surface area contributed by atoms with Crippen LogP contribution in [-0.2, 0) is 11.3 Å². The maximum Gasteiger partial charge on any atom is 0.324 e. The summed E-state index contributed by atoms with van der Waals surface area (Å²) < 4.78 is 5.63. The summed E-state index contributed by atoms with van der Waals surface area (Å²) in [5, 5.41) is 2.69. The van der Waals surface area contributed by atoms with Crippen molar-refractivity contribution in [3.05, 3.63) is 29.8 Å². The van der Waals surface area contributed by atoms with E-state index in [4.69, 9.17) is 10.5 Å². The maximum absolute atomic E-state index is 12.0. The van der Waals surface area contributed by atoms with Crippen LogP contribution < -0.4 is 15.8 Å². The zero-order valence-corrected chi connectivity index (χ0v) is 12.2. The van der Waals surface area contributed by atoms with Crippen molar-refractivity contribution in [1.29, 1.82) is 0 Å². The third kappa shape index (κ3) is 3.52. The molecule has 1 aliphatic heterocycles. The number of hydrogen-bond acceptors (Lipinski definition) is 4. The van der Waals surface area contributed by atoms with Crippen molar-refractivity contribution in [2.45, 2.75) is 32.4 Å². The van der Waals surface area contributed by atoms with Crippen LogP contribution >= 0.6 is 0 Å². The third-order valence-corrected chi connectivity index (χ3v) is 3.45. The monoisotopic (exact) mass is 291 g/mol. The molecule has 1 atom stereocenters. The second-order valence-corrected chi connectivity index (χ2v) is 4.94. The number of nitrogens with two attached hydrogens (primary N) is 1. The minimum Gasteiger partial charge on any atom is -0.491 e. The van der Waals surface area contributed by atoms with Crippen LogP contribution in [0.3, 0.4) is 0 Å². The summed E-state index contributed by atoms with van der Waals surface area (Å²) >= 11 is 0. The molecule has 0 spiro atoms. The summed E-state index contributed by atoms with van der Waals surface area (Å²) in [7, 11) is 0. The topological polar surface area (TPSA) is 84.7 Å². The minimum atomic E-state index is -0.390. The van der Waals surface area contributed by atoms with Crippen molar-refractivity contribution >= 4 is 11.9 Å². The first-order valence-electron chi connectivity index (χ1n) is 7.20. The molecule has 114 valence electrons. The average Bonchev–Trinajstić information content (AvgIpc) is 2.75. The maximum atomic E-state index is 12.0. The van der Waals surface area contributed by atoms with E-state index in [2.05, 4.69) is 5.32 Å². The van der Waals surface area contributed by atoms with Gasteiger partial charge >= 0.3 is 6.03 Å². The van der Waals surface area contributed by atoms with Crippen molar-refractivity contribution < 1.29 is 14.3 Å². The molecule has 1 aromatic carbocycles. The number of rotatable bonds is 7. The van der Waals surface area contributed by atoms with Crippen molar-refractivity contribution in [1.82, 2.24) is 10.2 Å². The predicted octanol–water partition coefficient (Wildman–Crippen LogP) is 1.24. The van der Waals surface area contributed by atoms with Crippen LogP contribution in [-0.4, -0.2) is 36.0 Å². The lowest BCUT2D eigenvalue weighted by Crippen LogP contribution is -2.35. The number of nitrogens with one attached hydrogen (secondary N) is 1. The molecule has 6 heteroatoms. The molecule has 1 fully saturated rings. The molecule has 1 aromatic rings. The predicted molar refractivity (Wildman–Crippen MR) is 78.8 cm³/mol. The molecule has 21 heavy (non-hydrogen) atoms. The molecule has 0 aromatic heterocycles. The van der Waals surface area contributed by atoms with E-state index < -0.39 is 0 Å². The Hall–Kier alpha value is -2.08. The molecule has 0 radical (unpaired) electrons. The molecule has 3 amide bonds. The van der Waals surface area contributed by atoms with Gasteiger partial charge in [0.25, 0.3) is 5.91 Å². The summed E-state index contributed by atoms with van der Waals surface area (Å²) in [5.41, 5.74) is 6.53. The van der Waals surface area contributed by atoms with Gasteiger partial charge in [-0.25, -0.2) is 4.79 Å². The largest absolute Gasteiger partial charge is 0.491 e. The highest BCUT2D eigenvalue weighted by molar-refractivity contribution is 6.04. The lowest BCUT2D eigenvalue weighted by atomic mass is 10.2. The Morgan fingerprint density at radius 3 is 2.81 bits per heavy atom. The van der Waals surface area contributed by atoms with Crippen molar-refractivity contribution in [3.8, 4) is 5.75 Å². The molecule has 2 rings (SSSR count). The fourth-order valence-corrected chi connectivity index (χ4v) is 2.33. The Bertz CT molecular complexity index is 519. The molecule has 3 N–H and O–H groups in total. The fraction of sp³-hybridized carbons (Fsp3) is 0.467. The molecule has 0 aliphatic carbocycles. The first-order chi connectivity index (χ1) is 10.2. The van der Waals surface area contributed by atoms with E-state index in [9.17, 15) is 9.59 Å². The number of hydrogen-bond donors (Lipinski definition) is 2. The van der Waals surface area contributed by atoms with Gasteiger partial charge in [-0.3, -0.25) is 9.69 Å². The van der Waals surface area contributed by atoms with E-state index in [1.807, 2.05) is 31.2 Å². The molecule has 0 saturated carbocycles. The first kappa shape index (κ1) is 15.3. The van der Waals surface area contributed by atoms with Gasteiger partial charge in [0.15, 0.2) is 0 Å². The number of nitrogens with zero attached hydrogens (tertiary/aromatic N) is 1. The van der Waals surface area contributed by atoms with Crippen LogP contribution in [0.4, 0.5) is 4.79 Å². The lowest BCUT2D eigenvalue weighted by molar-refractivity contribution is -0.127. The van der Waals surface area contributed by atoms with Gasteiger partial charge in [-0.05, 0) is 12.5 Å². The number of carbonyl (C=O) groups excluding carboxylic acids is 2. The van der Waals surface area contributed by atoms with Gasteiger partial charge in [0.05, 0.1) is 6.54 Å². The van der Waals surface area contributed by atoms with E-state index in [0.717, 1.165) is 12.0 Å². The molecule has 0 bridgehead atoms. The Morgan fingerprint density at radius 2 is 2.10 bits per heavy atom. The Kier molecular flexibility index (Phi) is 5.16. The van der Waals surface area contributed by atoms with Gasteiger partial charge in [0, 0.05) is 12.1 Å². The summed E-state index contributed by atoms with van der Waals surface area (Å²) in [6.07, 6.45) is 1.52. The van der Waals surface area contributed by atoms with Crippen molar-refractivity contribution in [2.24, 2.45) is 5.73 Å². The van der Waals surface area contributed by atoms with E-state index in [0.29, 0.717) is 18.7 Å². The van der Waals surface area contributed by atoms with Crippen LogP contribution in [0.25, 0.3) is 0 Å². The summed E-state index contributed by atoms with van der Waals surface area (Å²) in [5.74, 6) is 0.523. The molecular formula is C15H21N3O3. The molecule has 6 nitrogen and oxygen atoms in total. The van der Waals surface area contributed by atoms with Gasteiger partial charge < -0.3 is 15.8 Å². The van der Waals surface area contributed by atoms with E-state index >= 15 is 0 Å². The molecule has 1 heterocycles. The fourth-order valence-electron chi connectivity index (χ4n) is 2.33. The highest BCUT2D eigenvalue weighted by Crippen LogP contribution is 2.17. The van der Waals surface area contributed by atoms with Gasteiger partial charge in [-0.1, -0.05) is 31.5 Å². The summed E-state index contributed by atoms with van der Waals surface area (Å²) in [4.78, 5) is 25.0. The average molecular weight is 291 g/mol. The highest BCUT2D eigenvalue weighted by atomic mass is 16.5. The number of amides is 3. The SMILES string of the molecule is CCCC1NC(=O)N(CCOc2ccccc2CN)C1=O. The molecule has 1 unspecified atom stereocenters. The molecule has 1 saturated heterocycles.